The zero-order valence-electron chi connectivity index (χ0n) is 16.6. The van der Waals surface area contributed by atoms with Crippen LogP contribution in [0.25, 0.3) is 0 Å². The topological polar surface area (TPSA) is 77.0 Å². The van der Waals surface area contributed by atoms with Crippen LogP contribution in [0.5, 0.6) is 0 Å². The fourth-order valence-electron chi connectivity index (χ4n) is 3.12. The predicted molar refractivity (Wildman–Crippen MR) is 108 cm³/mol. The van der Waals surface area contributed by atoms with Crippen LogP contribution in [0.2, 0.25) is 0 Å². The fourth-order valence-corrected chi connectivity index (χ4v) is 4.10. The Balaban J connectivity index is 1.71. The normalized spacial score (nSPS) is 17.2. The molecular weight excluding hydrogens is 407 g/mol. The molecule has 1 aliphatic heterocycles. The quantitative estimate of drug-likeness (QED) is 0.505. The molecule has 0 radical (unpaired) electrons. The summed E-state index contributed by atoms with van der Waals surface area (Å²) in [6.07, 6.45) is 0.742. The molecule has 1 aromatic rings. The first-order valence-electron chi connectivity index (χ1n) is 9.42. The maximum Gasteiger partial charge on any atom is 0.511 e. The van der Waals surface area contributed by atoms with E-state index in [1.54, 1.807) is 7.05 Å². The summed E-state index contributed by atoms with van der Waals surface area (Å²) in [6.45, 7) is 1.70. The molecule has 0 amide bonds. The summed E-state index contributed by atoms with van der Waals surface area (Å²) >= 11 is 0. The van der Waals surface area contributed by atoms with Crippen LogP contribution >= 0.6 is 0 Å². The lowest BCUT2D eigenvalue weighted by atomic mass is 9.98. The highest BCUT2D eigenvalue weighted by atomic mass is 32.2. The van der Waals surface area contributed by atoms with E-state index in [1.807, 2.05) is 37.4 Å². The van der Waals surface area contributed by atoms with Gasteiger partial charge in [-0.15, -0.1) is 0 Å². The van der Waals surface area contributed by atoms with Gasteiger partial charge in [0, 0.05) is 52.5 Å². The lowest BCUT2D eigenvalue weighted by Crippen LogP contribution is -2.47. The molecule has 0 saturated carbocycles. The monoisotopic (exact) mass is 435 g/mol. The van der Waals surface area contributed by atoms with E-state index in [2.05, 4.69) is 20.5 Å². The van der Waals surface area contributed by atoms with Crippen LogP contribution in [-0.4, -0.2) is 71.0 Å². The third-order valence-corrected chi connectivity index (χ3v) is 6.55. The summed E-state index contributed by atoms with van der Waals surface area (Å²) in [5.41, 5.74) is -4.13. The summed E-state index contributed by atoms with van der Waals surface area (Å²) in [6, 6.07) is 9.97. The summed E-state index contributed by atoms with van der Waals surface area (Å²) in [7, 11) is -1.59. The molecule has 2 N–H and O–H groups in total. The number of alkyl halides is 3. The highest BCUT2D eigenvalue weighted by molar-refractivity contribution is 7.90. The van der Waals surface area contributed by atoms with E-state index < -0.39 is 15.5 Å². The van der Waals surface area contributed by atoms with Gasteiger partial charge in [0.25, 0.3) is 0 Å². The van der Waals surface area contributed by atoms with Crippen molar-refractivity contribution in [1.82, 2.24) is 14.9 Å². The molecular formula is C18H28F3N5O2S. The molecule has 7 nitrogen and oxygen atoms in total. The van der Waals surface area contributed by atoms with Crippen LogP contribution in [-0.2, 0) is 10.0 Å². The lowest BCUT2D eigenvalue weighted by Gasteiger charge is -2.31. The Kier molecular flexibility index (Phi) is 8.14. The Hall–Kier alpha value is -2.01. The molecule has 1 heterocycles. The van der Waals surface area contributed by atoms with E-state index in [9.17, 15) is 21.6 Å². The summed E-state index contributed by atoms with van der Waals surface area (Å²) < 4.78 is 61.3. The van der Waals surface area contributed by atoms with Gasteiger partial charge in [-0.2, -0.15) is 17.5 Å². The Bertz CT molecular complexity index is 763. The largest absolute Gasteiger partial charge is 0.511 e. The molecule has 0 aliphatic carbocycles. The van der Waals surface area contributed by atoms with Crippen molar-refractivity contribution in [2.75, 3.05) is 51.7 Å². The number of aliphatic imine (C=N–C) groups is 1. The van der Waals surface area contributed by atoms with Crippen molar-refractivity contribution in [3.63, 3.8) is 0 Å². The number of guanidine groups is 1. The Morgan fingerprint density at radius 2 is 1.83 bits per heavy atom. The maximum absolute atomic E-state index is 12.6. The minimum Gasteiger partial charge on any atom is -0.373 e. The van der Waals surface area contributed by atoms with Crippen molar-refractivity contribution in [2.24, 2.45) is 10.9 Å². The van der Waals surface area contributed by atoms with Gasteiger partial charge < -0.3 is 15.5 Å². The van der Waals surface area contributed by atoms with Crippen LogP contribution in [0, 0.1) is 5.92 Å². The van der Waals surface area contributed by atoms with Gasteiger partial charge in [-0.25, -0.2) is 8.42 Å². The summed E-state index contributed by atoms with van der Waals surface area (Å²) in [5.74, 6) is 0.692. The predicted octanol–water partition coefficient (Wildman–Crippen LogP) is 1.85. The van der Waals surface area contributed by atoms with Crippen LogP contribution in [0.1, 0.15) is 12.8 Å². The number of likely N-dealkylation sites (N-methyl/N-ethyl adjacent to an activating group) is 1. The van der Waals surface area contributed by atoms with Crippen molar-refractivity contribution < 1.29 is 21.6 Å². The molecule has 1 fully saturated rings. The van der Waals surface area contributed by atoms with E-state index >= 15 is 0 Å². The molecule has 0 atom stereocenters. The molecule has 29 heavy (non-hydrogen) atoms. The van der Waals surface area contributed by atoms with Gasteiger partial charge >= 0.3 is 15.5 Å². The first kappa shape index (κ1) is 23.3. The maximum atomic E-state index is 12.6. The Morgan fingerprint density at radius 1 is 1.21 bits per heavy atom. The van der Waals surface area contributed by atoms with Crippen LogP contribution in [0.3, 0.4) is 0 Å². The Morgan fingerprint density at radius 3 is 2.38 bits per heavy atom. The molecule has 0 unspecified atom stereocenters. The van der Waals surface area contributed by atoms with E-state index in [0.717, 1.165) is 12.2 Å². The number of hydrogen-bond donors (Lipinski definition) is 2. The lowest BCUT2D eigenvalue weighted by molar-refractivity contribution is -0.0496. The number of halogens is 3. The molecule has 0 aromatic heterocycles. The number of para-hydroxylation sites is 1. The molecule has 1 saturated heterocycles. The summed E-state index contributed by atoms with van der Waals surface area (Å²) in [5, 5.41) is 6.37. The average molecular weight is 436 g/mol. The molecule has 11 heteroatoms. The van der Waals surface area contributed by atoms with Gasteiger partial charge in [0.05, 0.1) is 0 Å². The van der Waals surface area contributed by atoms with Crippen LogP contribution in [0.4, 0.5) is 18.9 Å². The number of benzene rings is 1. The van der Waals surface area contributed by atoms with E-state index in [-0.39, 0.29) is 19.0 Å². The number of nitrogens with zero attached hydrogens (tertiary/aromatic N) is 3. The van der Waals surface area contributed by atoms with Gasteiger partial charge in [-0.1, -0.05) is 18.2 Å². The minimum absolute atomic E-state index is 0.0835. The molecule has 0 spiro atoms. The fraction of sp³-hybridized carbons (Fsp3) is 0.611. The number of anilines is 1. The smallest absolute Gasteiger partial charge is 0.373 e. The zero-order chi connectivity index (χ0) is 21.5. The molecule has 0 bridgehead atoms. The van der Waals surface area contributed by atoms with Crippen LogP contribution in [0.15, 0.2) is 35.3 Å². The van der Waals surface area contributed by atoms with Crippen molar-refractivity contribution in [3.05, 3.63) is 30.3 Å². The first-order valence-corrected chi connectivity index (χ1v) is 10.9. The van der Waals surface area contributed by atoms with Crippen molar-refractivity contribution in [2.45, 2.75) is 18.3 Å². The number of piperidine rings is 1. The average Bonchev–Trinajstić information content (AvgIpc) is 2.70. The van der Waals surface area contributed by atoms with Crippen molar-refractivity contribution in [3.8, 4) is 0 Å². The third-order valence-electron chi connectivity index (χ3n) is 4.92. The highest BCUT2D eigenvalue weighted by Gasteiger charge is 2.50. The van der Waals surface area contributed by atoms with Gasteiger partial charge in [-0.05, 0) is 30.9 Å². The number of sulfonamides is 1. The van der Waals surface area contributed by atoms with Gasteiger partial charge in [0.15, 0.2) is 5.96 Å². The summed E-state index contributed by atoms with van der Waals surface area (Å²) in [4.78, 5) is 6.26. The molecule has 164 valence electrons. The second-order valence-corrected chi connectivity index (χ2v) is 8.86. The molecule has 1 aromatic carbocycles. The second kappa shape index (κ2) is 10.1. The number of hydrogen-bond acceptors (Lipinski definition) is 4. The van der Waals surface area contributed by atoms with Crippen molar-refractivity contribution in [1.29, 1.82) is 0 Å². The van der Waals surface area contributed by atoms with E-state index in [4.69, 9.17) is 0 Å². The third kappa shape index (κ3) is 6.49. The van der Waals surface area contributed by atoms with Crippen molar-refractivity contribution >= 4 is 21.7 Å². The molecule has 2 rings (SSSR count). The molecule has 1 aliphatic rings. The number of rotatable bonds is 7. The van der Waals surface area contributed by atoms with E-state index in [0.29, 0.717) is 36.2 Å². The first-order chi connectivity index (χ1) is 13.6. The Labute approximate surface area is 170 Å². The van der Waals surface area contributed by atoms with Gasteiger partial charge in [0.1, 0.15) is 0 Å². The SMILES string of the molecule is CN=C(NCCN(C)c1ccccc1)NCC1CCN(S(=O)(=O)C(F)(F)F)CC1. The zero-order valence-corrected chi connectivity index (χ0v) is 17.4. The number of nitrogens with one attached hydrogen (secondary N) is 2. The van der Waals surface area contributed by atoms with E-state index in [1.165, 1.54) is 0 Å². The van der Waals surface area contributed by atoms with Gasteiger partial charge in [0.2, 0.25) is 0 Å². The minimum atomic E-state index is -5.24. The van der Waals surface area contributed by atoms with Gasteiger partial charge in [-0.3, -0.25) is 4.99 Å². The highest BCUT2D eigenvalue weighted by Crippen LogP contribution is 2.30. The second-order valence-electron chi connectivity index (χ2n) is 6.93. The standard InChI is InChI=1S/C18H28F3N5O2S/c1-22-17(23-10-13-25(2)16-6-4-3-5-7-16)24-14-15-8-11-26(12-9-15)29(27,28)18(19,20)21/h3-7,15H,8-14H2,1-2H3,(H2,22,23,24). The van der Waals surface area contributed by atoms with Crippen LogP contribution < -0.4 is 15.5 Å².